The first-order valence-electron chi connectivity index (χ1n) is 6.56. The topological polar surface area (TPSA) is 98.2 Å². The number of thiophene rings is 1. The van der Waals surface area contributed by atoms with Gasteiger partial charge in [0, 0.05) is 12.5 Å². The monoisotopic (exact) mass is 281 g/mol. The molecule has 0 aromatic carbocycles. The first-order chi connectivity index (χ1) is 9.06. The molecule has 1 fully saturated rings. The maximum atomic E-state index is 12.1. The highest BCUT2D eigenvalue weighted by atomic mass is 32.1. The first-order valence-corrected chi connectivity index (χ1v) is 7.38. The Balaban J connectivity index is 2.27. The molecule has 0 aliphatic heterocycles. The maximum Gasteiger partial charge on any atom is 0.253 e. The average Bonchev–Trinajstić information content (AvgIpc) is 3.14. The van der Waals surface area contributed by atoms with Crippen molar-refractivity contribution in [3.8, 4) is 0 Å². The van der Waals surface area contributed by atoms with Gasteiger partial charge in [0.25, 0.3) is 5.91 Å². The van der Waals surface area contributed by atoms with Gasteiger partial charge >= 0.3 is 0 Å². The van der Waals surface area contributed by atoms with Crippen molar-refractivity contribution in [2.75, 3.05) is 17.6 Å². The number of carbonyl (C=O) groups is 2. The van der Waals surface area contributed by atoms with Crippen LogP contribution in [0.3, 0.4) is 0 Å². The number of ketones is 1. The van der Waals surface area contributed by atoms with Gasteiger partial charge in [0.15, 0.2) is 5.78 Å². The van der Waals surface area contributed by atoms with Crippen LogP contribution in [0, 0.1) is 5.92 Å². The Labute approximate surface area is 116 Å². The lowest BCUT2D eigenvalue weighted by Gasteiger charge is -2.04. The molecule has 5 nitrogen and oxygen atoms in total. The molecule has 0 atom stereocenters. The minimum atomic E-state index is -0.581. The minimum Gasteiger partial charge on any atom is -0.397 e. The molecule has 0 saturated heterocycles. The lowest BCUT2D eigenvalue weighted by molar-refractivity contribution is 0.0972. The number of nitrogen functional groups attached to an aromatic ring is 1. The van der Waals surface area contributed by atoms with Gasteiger partial charge in [-0.05, 0) is 19.3 Å². The van der Waals surface area contributed by atoms with E-state index in [0.29, 0.717) is 9.88 Å². The van der Waals surface area contributed by atoms with E-state index in [1.54, 1.807) is 0 Å². The molecule has 0 bridgehead atoms. The molecule has 0 unspecified atom stereocenters. The molecule has 1 aliphatic carbocycles. The van der Waals surface area contributed by atoms with Crippen LogP contribution in [0.4, 0.5) is 10.7 Å². The second kappa shape index (κ2) is 5.61. The predicted molar refractivity (Wildman–Crippen MR) is 77.7 cm³/mol. The van der Waals surface area contributed by atoms with E-state index >= 15 is 0 Å². The fraction of sp³-hybridized carbons (Fsp3) is 0.538. The molecule has 1 heterocycles. The highest BCUT2D eigenvalue weighted by Crippen LogP contribution is 2.41. The van der Waals surface area contributed by atoms with E-state index in [1.165, 1.54) is 11.3 Å². The van der Waals surface area contributed by atoms with E-state index in [1.807, 2.05) is 0 Å². The van der Waals surface area contributed by atoms with Gasteiger partial charge in [0.1, 0.15) is 5.00 Å². The first kappa shape index (κ1) is 13.9. The lowest BCUT2D eigenvalue weighted by atomic mass is 10.1. The molecule has 6 heteroatoms. The minimum absolute atomic E-state index is 0.0496. The smallest absolute Gasteiger partial charge is 0.253 e. The summed E-state index contributed by atoms with van der Waals surface area (Å²) in [6, 6.07) is 0. The van der Waals surface area contributed by atoms with Gasteiger partial charge < -0.3 is 16.8 Å². The van der Waals surface area contributed by atoms with Crippen LogP contribution in [0.25, 0.3) is 0 Å². The van der Waals surface area contributed by atoms with Crippen molar-refractivity contribution in [3.05, 3.63) is 10.4 Å². The second-order valence-corrected chi connectivity index (χ2v) is 5.85. The molecule has 0 radical (unpaired) electrons. The fourth-order valence-corrected chi connectivity index (χ4v) is 3.08. The van der Waals surface area contributed by atoms with E-state index in [-0.39, 0.29) is 23.0 Å². The van der Waals surface area contributed by atoms with Gasteiger partial charge in [-0.2, -0.15) is 0 Å². The Morgan fingerprint density at radius 2 is 2.11 bits per heavy atom. The Morgan fingerprint density at radius 3 is 2.63 bits per heavy atom. The third kappa shape index (κ3) is 2.89. The molecule has 0 spiro atoms. The third-order valence-corrected chi connectivity index (χ3v) is 4.36. The van der Waals surface area contributed by atoms with E-state index in [0.717, 1.165) is 32.2 Å². The van der Waals surface area contributed by atoms with Crippen LogP contribution in [0.5, 0.6) is 0 Å². The summed E-state index contributed by atoms with van der Waals surface area (Å²) in [4.78, 5) is 24.1. The number of rotatable bonds is 7. The van der Waals surface area contributed by atoms with Gasteiger partial charge in [0.2, 0.25) is 0 Å². The average molecular weight is 281 g/mol. The molecule has 1 aromatic heterocycles. The summed E-state index contributed by atoms with van der Waals surface area (Å²) in [5.74, 6) is -0.443. The molecular formula is C13H19N3O2S. The molecule has 19 heavy (non-hydrogen) atoms. The Kier molecular flexibility index (Phi) is 4.09. The molecule has 104 valence electrons. The van der Waals surface area contributed by atoms with E-state index in [2.05, 4.69) is 12.2 Å². The van der Waals surface area contributed by atoms with E-state index in [9.17, 15) is 9.59 Å². The largest absolute Gasteiger partial charge is 0.397 e. The quantitative estimate of drug-likeness (QED) is 0.527. The number of Topliss-reactive ketones (excluding diaryl/α,β-unsaturated/α-hetero) is 1. The Hall–Kier alpha value is -1.56. The summed E-state index contributed by atoms with van der Waals surface area (Å²) in [6.07, 6.45) is 3.87. The van der Waals surface area contributed by atoms with Gasteiger partial charge in [-0.1, -0.05) is 13.3 Å². The van der Waals surface area contributed by atoms with Gasteiger partial charge in [0.05, 0.1) is 16.1 Å². The Bertz CT molecular complexity index is 506. The number of hydrogen-bond acceptors (Lipinski definition) is 5. The number of primary amides is 1. The summed E-state index contributed by atoms with van der Waals surface area (Å²) in [7, 11) is 0. The molecule has 1 amide bonds. The summed E-state index contributed by atoms with van der Waals surface area (Å²) in [5.41, 5.74) is 11.8. The molecular weight excluding hydrogens is 262 g/mol. The molecule has 1 saturated carbocycles. The van der Waals surface area contributed by atoms with Crippen molar-refractivity contribution in [1.82, 2.24) is 0 Å². The second-order valence-electron chi connectivity index (χ2n) is 4.83. The molecule has 1 aromatic rings. The van der Waals surface area contributed by atoms with Crippen molar-refractivity contribution in [2.24, 2.45) is 11.7 Å². The molecule has 5 N–H and O–H groups in total. The van der Waals surface area contributed by atoms with Crippen LogP contribution in [0.1, 0.15) is 52.6 Å². The summed E-state index contributed by atoms with van der Waals surface area (Å²) < 4.78 is 0. The highest BCUT2D eigenvalue weighted by Gasteiger charge is 2.34. The number of carbonyl (C=O) groups excluding carboxylic acids is 2. The Morgan fingerprint density at radius 1 is 1.42 bits per heavy atom. The number of hydrogen-bond donors (Lipinski definition) is 3. The number of anilines is 2. The third-order valence-electron chi connectivity index (χ3n) is 3.18. The standard InChI is InChI=1S/C13H19N3O2S/c1-2-3-6-16-13-8(12(15)18)9(14)11(19-13)10(17)7-4-5-7/h7,16H,2-6,14H2,1H3,(H2,15,18). The fourth-order valence-electron chi connectivity index (χ4n) is 1.91. The van der Waals surface area contributed by atoms with Gasteiger partial charge in [-0.3, -0.25) is 9.59 Å². The number of nitrogens with one attached hydrogen (secondary N) is 1. The highest BCUT2D eigenvalue weighted by molar-refractivity contribution is 7.19. The molecule has 1 aliphatic rings. The van der Waals surface area contributed by atoms with Crippen LogP contribution in [-0.4, -0.2) is 18.2 Å². The van der Waals surface area contributed by atoms with Crippen LogP contribution < -0.4 is 16.8 Å². The lowest BCUT2D eigenvalue weighted by Crippen LogP contribution is -2.15. The van der Waals surface area contributed by atoms with Gasteiger partial charge in [-0.15, -0.1) is 11.3 Å². The van der Waals surface area contributed by atoms with Crippen molar-refractivity contribution >= 4 is 33.7 Å². The zero-order valence-electron chi connectivity index (χ0n) is 11.0. The zero-order valence-corrected chi connectivity index (χ0v) is 11.8. The van der Waals surface area contributed by atoms with Gasteiger partial charge in [-0.25, -0.2) is 0 Å². The predicted octanol–water partition coefficient (Wildman–Crippen LogP) is 2.23. The van der Waals surface area contributed by atoms with Crippen molar-refractivity contribution < 1.29 is 9.59 Å². The van der Waals surface area contributed by atoms with Crippen LogP contribution >= 0.6 is 11.3 Å². The number of nitrogens with two attached hydrogens (primary N) is 2. The van der Waals surface area contributed by atoms with Crippen molar-refractivity contribution in [1.29, 1.82) is 0 Å². The normalized spacial score (nSPS) is 14.4. The summed E-state index contributed by atoms with van der Waals surface area (Å²) >= 11 is 1.25. The SMILES string of the molecule is CCCCNc1sc(C(=O)C2CC2)c(N)c1C(N)=O. The number of amides is 1. The van der Waals surface area contributed by atoms with Crippen molar-refractivity contribution in [2.45, 2.75) is 32.6 Å². The number of unbranched alkanes of at least 4 members (excludes halogenated alkanes) is 1. The molecule has 2 rings (SSSR count). The summed E-state index contributed by atoms with van der Waals surface area (Å²) in [6.45, 7) is 2.83. The van der Waals surface area contributed by atoms with E-state index < -0.39 is 5.91 Å². The summed E-state index contributed by atoms with van der Waals surface area (Å²) in [5, 5.41) is 3.78. The van der Waals surface area contributed by atoms with Crippen LogP contribution in [0.2, 0.25) is 0 Å². The zero-order chi connectivity index (χ0) is 14.0. The van der Waals surface area contributed by atoms with Crippen LogP contribution in [-0.2, 0) is 0 Å². The van der Waals surface area contributed by atoms with Crippen LogP contribution in [0.15, 0.2) is 0 Å². The van der Waals surface area contributed by atoms with E-state index in [4.69, 9.17) is 11.5 Å². The maximum absolute atomic E-state index is 12.1. The van der Waals surface area contributed by atoms with Crippen molar-refractivity contribution in [3.63, 3.8) is 0 Å².